The van der Waals surface area contributed by atoms with Gasteiger partial charge in [-0.05, 0) is 26.3 Å². The maximum absolute atomic E-state index is 11.7. The van der Waals surface area contributed by atoms with Crippen molar-refractivity contribution in [2.24, 2.45) is 0 Å². The van der Waals surface area contributed by atoms with Crippen LogP contribution in [0, 0.1) is 0 Å². The SMILES string of the molecule is CC(C)(C)OC(=O)NCC(NC(=O)OCc1ccccc1)C(=O)O. The van der Waals surface area contributed by atoms with Gasteiger partial charge in [0.2, 0.25) is 0 Å². The van der Waals surface area contributed by atoms with Crippen molar-refractivity contribution in [1.29, 1.82) is 0 Å². The number of alkyl carbamates (subject to hydrolysis) is 2. The van der Waals surface area contributed by atoms with Crippen LogP contribution in [0.2, 0.25) is 0 Å². The summed E-state index contributed by atoms with van der Waals surface area (Å²) in [5.41, 5.74) is 0.0663. The Morgan fingerprint density at radius 2 is 1.75 bits per heavy atom. The van der Waals surface area contributed by atoms with Gasteiger partial charge in [0.1, 0.15) is 18.2 Å². The average molecular weight is 338 g/mol. The highest BCUT2D eigenvalue weighted by Gasteiger charge is 2.23. The highest BCUT2D eigenvalue weighted by molar-refractivity contribution is 5.81. The molecule has 0 heterocycles. The minimum absolute atomic E-state index is 0.0124. The molecule has 0 aromatic heterocycles. The average Bonchev–Trinajstić information content (AvgIpc) is 2.48. The molecule has 0 fully saturated rings. The second kappa shape index (κ2) is 8.76. The van der Waals surface area contributed by atoms with Gasteiger partial charge in [0.25, 0.3) is 0 Å². The van der Waals surface area contributed by atoms with Crippen molar-refractivity contribution in [3.05, 3.63) is 35.9 Å². The lowest BCUT2D eigenvalue weighted by molar-refractivity contribution is -0.139. The van der Waals surface area contributed by atoms with Gasteiger partial charge in [-0.1, -0.05) is 30.3 Å². The molecule has 132 valence electrons. The Hall–Kier alpha value is -2.77. The first-order valence-electron chi connectivity index (χ1n) is 7.34. The van der Waals surface area contributed by atoms with Crippen LogP contribution in [0.25, 0.3) is 0 Å². The van der Waals surface area contributed by atoms with Crippen molar-refractivity contribution in [2.45, 2.75) is 39.0 Å². The zero-order chi connectivity index (χ0) is 18.2. The molecule has 8 heteroatoms. The van der Waals surface area contributed by atoms with Crippen LogP contribution in [-0.4, -0.2) is 41.4 Å². The lowest BCUT2D eigenvalue weighted by atomic mass is 10.2. The van der Waals surface area contributed by atoms with E-state index in [9.17, 15) is 14.4 Å². The van der Waals surface area contributed by atoms with E-state index in [-0.39, 0.29) is 13.2 Å². The molecular formula is C16H22N2O6. The first-order valence-corrected chi connectivity index (χ1v) is 7.34. The van der Waals surface area contributed by atoms with E-state index in [1.807, 2.05) is 6.07 Å². The third-order valence-electron chi connectivity index (χ3n) is 2.65. The van der Waals surface area contributed by atoms with Gasteiger partial charge < -0.3 is 25.2 Å². The minimum Gasteiger partial charge on any atom is -0.480 e. The molecule has 0 aliphatic heterocycles. The molecule has 1 atom stereocenters. The van der Waals surface area contributed by atoms with Crippen molar-refractivity contribution in [1.82, 2.24) is 10.6 Å². The summed E-state index contributed by atoms with van der Waals surface area (Å²) in [6, 6.07) is 7.62. The minimum atomic E-state index is -1.33. The van der Waals surface area contributed by atoms with E-state index in [2.05, 4.69) is 10.6 Å². The van der Waals surface area contributed by atoms with Crippen molar-refractivity contribution in [2.75, 3.05) is 6.54 Å². The molecule has 0 aliphatic carbocycles. The molecule has 0 saturated carbocycles. The largest absolute Gasteiger partial charge is 0.480 e. The van der Waals surface area contributed by atoms with Gasteiger partial charge in [-0.15, -0.1) is 0 Å². The van der Waals surface area contributed by atoms with Crippen LogP contribution in [0.3, 0.4) is 0 Å². The summed E-state index contributed by atoms with van der Waals surface area (Å²) in [5.74, 6) is -1.30. The maximum Gasteiger partial charge on any atom is 0.408 e. The fourth-order valence-electron chi connectivity index (χ4n) is 1.61. The predicted molar refractivity (Wildman–Crippen MR) is 85.4 cm³/mol. The number of hydrogen-bond donors (Lipinski definition) is 3. The third-order valence-corrected chi connectivity index (χ3v) is 2.65. The standard InChI is InChI=1S/C16H22N2O6/c1-16(2,3)24-14(21)17-9-12(13(19)20)18-15(22)23-10-11-7-5-4-6-8-11/h4-8,12H,9-10H2,1-3H3,(H,17,21)(H,18,22)(H,19,20). The summed E-state index contributed by atoms with van der Waals surface area (Å²) in [6.07, 6.45) is -1.66. The van der Waals surface area contributed by atoms with Crippen LogP contribution >= 0.6 is 0 Å². The zero-order valence-corrected chi connectivity index (χ0v) is 13.9. The number of carbonyl (C=O) groups excluding carboxylic acids is 2. The van der Waals surface area contributed by atoms with Crippen molar-refractivity contribution >= 4 is 18.2 Å². The molecule has 0 spiro atoms. The topological polar surface area (TPSA) is 114 Å². The first-order chi connectivity index (χ1) is 11.2. The maximum atomic E-state index is 11.7. The Morgan fingerprint density at radius 1 is 1.12 bits per heavy atom. The van der Waals surface area contributed by atoms with E-state index in [0.29, 0.717) is 0 Å². The van der Waals surface area contributed by atoms with Gasteiger partial charge in [0.15, 0.2) is 0 Å². The van der Waals surface area contributed by atoms with Crippen LogP contribution in [0.5, 0.6) is 0 Å². The number of nitrogens with one attached hydrogen (secondary N) is 2. The Kier molecular flexibility index (Phi) is 7.03. The van der Waals surface area contributed by atoms with Crippen LogP contribution < -0.4 is 10.6 Å². The number of carbonyl (C=O) groups is 3. The highest BCUT2D eigenvalue weighted by Crippen LogP contribution is 2.06. The van der Waals surface area contributed by atoms with E-state index in [1.54, 1.807) is 45.0 Å². The predicted octanol–water partition coefficient (Wildman–Crippen LogP) is 1.89. The van der Waals surface area contributed by atoms with Crippen LogP contribution in [0.1, 0.15) is 26.3 Å². The Labute approximate surface area is 140 Å². The fourth-order valence-corrected chi connectivity index (χ4v) is 1.61. The number of amides is 2. The number of carboxylic acid groups (broad SMARTS) is 1. The number of rotatable bonds is 6. The molecule has 0 aliphatic rings. The summed E-state index contributed by atoms with van der Waals surface area (Å²) in [5, 5.41) is 13.6. The zero-order valence-electron chi connectivity index (χ0n) is 13.9. The van der Waals surface area contributed by atoms with Crippen molar-refractivity contribution in [3.8, 4) is 0 Å². The second-order valence-electron chi connectivity index (χ2n) is 5.98. The van der Waals surface area contributed by atoms with Crippen LogP contribution in [0.15, 0.2) is 30.3 Å². The molecule has 2 amide bonds. The molecule has 8 nitrogen and oxygen atoms in total. The van der Waals surface area contributed by atoms with E-state index < -0.39 is 29.8 Å². The van der Waals surface area contributed by atoms with E-state index in [1.165, 1.54) is 0 Å². The molecule has 0 radical (unpaired) electrons. The van der Waals surface area contributed by atoms with Gasteiger partial charge in [0, 0.05) is 0 Å². The quantitative estimate of drug-likeness (QED) is 0.730. The lowest BCUT2D eigenvalue weighted by Crippen LogP contribution is -2.49. The smallest absolute Gasteiger partial charge is 0.408 e. The molecule has 24 heavy (non-hydrogen) atoms. The molecule has 3 N–H and O–H groups in total. The number of ether oxygens (including phenoxy) is 2. The second-order valence-corrected chi connectivity index (χ2v) is 5.98. The number of carboxylic acids is 1. The highest BCUT2D eigenvalue weighted by atomic mass is 16.6. The summed E-state index contributed by atoms with van der Waals surface area (Å²) in [7, 11) is 0. The van der Waals surface area contributed by atoms with Gasteiger partial charge >= 0.3 is 18.2 Å². The summed E-state index contributed by atoms with van der Waals surface area (Å²) >= 11 is 0. The van der Waals surface area contributed by atoms with Gasteiger partial charge in [-0.2, -0.15) is 0 Å². The van der Waals surface area contributed by atoms with Gasteiger partial charge in [0.05, 0.1) is 6.54 Å². The fraction of sp³-hybridized carbons (Fsp3) is 0.438. The molecule has 0 bridgehead atoms. The monoisotopic (exact) mass is 338 g/mol. The normalized spacial score (nSPS) is 12.0. The number of hydrogen-bond acceptors (Lipinski definition) is 5. The lowest BCUT2D eigenvalue weighted by Gasteiger charge is -2.21. The molecule has 1 aromatic rings. The summed E-state index contributed by atoms with van der Waals surface area (Å²) < 4.78 is 9.93. The molecular weight excluding hydrogens is 316 g/mol. The van der Waals surface area contributed by atoms with E-state index >= 15 is 0 Å². The van der Waals surface area contributed by atoms with Crippen LogP contribution in [-0.2, 0) is 20.9 Å². The third kappa shape index (κ3) is 8.02. The van der Waals surface area contributed by atoms with Gasteiger partial charge in [-0.3, -0.25) is 0 Å². The van der Waals surface area contributed by atoms with Crippen molar-refractivity contribution in [3.63, 3.8) is 0 Å². The van der Waals surface area contributed by atoms with Crippen molar-refractivity contribution < 1.29 is 29.0 Å². The summed E-state index contributed by atoms with van der Waals surface area (Å²) in [4.78, 5) is 34.3. The van der Waals surface area contributed by atoms with E-state index in [0.717, 1.165) is 5.56 Å². The molecule has 1 unspecified atom stereocenters. The first kappa shape index (κ1) is 19.3. The molecule has 1 rings (SSSR count). The Bertz CT molecular complexity index is 568. The molecule has 1 aromatic carbocycles. The molecule has 0 saturated heterocycles. The van der Waals surface area contributed by atoms with E-state index in [4.69, 9.17) is 14.6 Å². The Morgan fingerprint density at radius 3 is 2.29 bits per heavy atom. The number of benzene rings is 1. The number of aliphatic carboxylic acids is 1. The van der Waals surface area contributed by atoms with Crippen LogP contribution in [0.4, 0.5) is 9.59 Å². The summed E-state index contributed by atoms with van der Waals surface area (Å²) in [6.45, 7) is 4.73. The van der Waals surface area contributed by atoms with Gasteiger partial charge in [-0.25, -0.2) is 14.4 Å². The Balaban J connectivity index is 2.43.